The van der Waals surface area contributed by atoms with Crippen LogP contribution in [0.4, 0.5) is 18.9 Å². The number of aliphatic hydroxyl groups is 1. The monoisotopic (exact) mass is 610 g/mol. The third-order valence-corrected chi connectivity index (χ3v) is 8.72. The number of nitrogens with zero attached hydrogens (tertiary/aromatic N) is 2. The lowest BCUT2D eigenvalue weighted by atomic mass is 9.95. The van der Waals surface area contributed by atoms with E-state index in [4.69, 9.17) is 0 Å². The van der Waals surface area contributed by atoms with Gasteiger partial charge in [-0.1, -0.05) is 109 Å². The van der Waals surface area contributed by atoms with Gasteiger partial charge in [-0.05, 0) is 41.5 Å². The van der Waals surface area contributed by atoms with E-state index in [-0.39, 0.29) is 0 Å². The fraction of sp³-hybridized carbons (Fsp3) is 0.0513. The van der Waals surface area contributed by atoms with Crippen molar-refractivity contribution in [1.29, 1.82) is 0 Å². The summed E-state index contributed by atoms with van der Waals surface area (Å²) in [4.78, 5) is 16.2. The van der Waals surface area contributed by atoms with Crippen molar-refractivity contribution in [2.45, 2.75) is 12.4 Å². The van der Waals surface area contributed by atoms with Crippen LogP contribution < -0.4 is 4.90 Å². The first-order valence-corrected chi connectivity index (χ1v) is 14.8. The van der Waals surface area contributed by atoms with Gasteiger partial charge in [-0.15, -0.1) is 0 Å². The molecule has 0 spiro atoms. The highest BCUT2D eigenvalue weighted by molar-refractivity contribution is 6.18. The molecule has 1 aromatic heterocycles. The number of hydrogen-bond acceptors (Lipinski definition) is 2. The van der Waals surface area contributed by atoms with Crippen LogP contribution >= 0.6 is 0 Å². The van der Waals surface area contributed by atoms with E-state index in [1.54, 1.807) is 30.3 Å². The van der Waals surface area contributed by atoms with Crippen LogP contribution in [-0.2, 0) is 6.18 Å². The smallest absolute Gasteiger partial charge is 0.369 e. The normalized spacial score (nSPS) is 14.7. The minimum absolute atomic E-state index is 0.291. The molecule has 8 rings (SSSR count). The first kappa shape index (κ1) is 27.9. The zero-order valence-corrected chi connectivity index (χ0v) is 24.2. The van der Waals surface area contributed by atoms with Gasteiger partial charge in [0.1, 0.15) is 0 Å². The maximum atomic E-state index is 14.8. The summed E-state index contributed by atoms with van der Waals surface area (Å²) in [7, 11) is 0. The molecule has 0 radical (unpaired) electrons. The third kappa shape index (κ3) is 4.24. The predicted octanol–water partition coefficient (Wildman–Crippen LogP) is 9.79. The molecule has 0 fully saturated rings. The molecule has 4 nitrogen and oxygen atoms in total. The van der Waals surface area contributed by atoms with E-state index >= 15 is 0 Å². The first-order valence-electron chi connectivity index (χ1n) is 14.8. The van der Waals surface area contributed by atoms with E-state index in [9.17, 15) is 23.1 Å². The number of alkyl halides is 3. The second kappa shape index (κ2) is 10.5. The molecule has 46 heavy (non-hydrogen) atoms. The van der Waals surface area contributed by atoms with E-state index < -0.39 is 23.9 Å². The van der Waals surface area contributed by atoms with Crippen molar-refractivity contribution < 1.29 is 23.1 Å². The minimum Gasteiger partial charge on any atom is -0.369 e. The molecule has 0 saturated carbocycles. The molecule has 1 aliphatic heterocycles. The molecular weight excluding hydrogens is 585 g/mol. The molecule has 1 amide bonds. The van der Waals surface area contributed by atoms with Gasteiger partial charge in [0.15, 0.2) is 6.23 Å². The molecule has 224 valence electrons. The summed E-state index contributed by atoms with van der Waals surface area (Å²) in [6.07, 6.45) is -5.81. The van der Waals surface area contributed by atoms with Crippen LogP contribution in [-0.4, -0.2) is 15.6 Å². The van der Waals surface area contributed by atoms with Gasteiger partial charge in [0.25, 0.3) is 5.91 Å². The number of amides is 1. The second-order valence-electron chi connectivity index (χ2n) is 11.3. The number of para-hydroxylation sites is 2. The first-order chi connectivity index (χ1) is 22.3. The average Bonchev–Trinajstić information content (AvgIpc) is 3.55. The fourth-order valence-electron chi connectivity index (χ4n) is 6.70. The van der Waals surface area contributed by atoms with Crippen molar-refractivity contribution in [1.82, 2.24) is 4.57 Å². The summed E-state index contributed by atoms with van der Waals surface area (Å²) in [6.45, 7) is 0. The molecular formula is C39H25F3N2O2. The van der Waals surface area contributed by atoms with Crippen molar-refractivity contribution in [2.75, 3.05) is 4.90 Å². The number of aliphatic hydroxyl groups excluding tert-OH is 1. The van der Waals surface area contributed by atoms with Gasteiger partial charge in [0.05, 0.1) is 33.5 Å². The fourth-order valence-corrected chi connectivity index (χ4v) is 6.70. The van der Waals surface area contributed by atoms with E-state index in [2.05, 4.69) is 0 Å². The van der Waals surface area contributed by atoms with Crippen LogP contribution in [0.25, 0.3) is 49.7 Å². The number of carbonyl (C=O) groups is 1. The van der Waals surface area contributed by atoms with E-state index in [0.29, 0.717) is 44.3 Å². The molecule has 0 saturated heterocycles. The number of carbonyl (C=O) groups excluding carboxylic acids is 1. The van der Waals surface area contributed by atoms with Gasteiger partial charge in [-0.3, -0.25) is 9.69 Å². The highest BCUT2D eigenvalue weighted by atomic mass is 19.4. The summed E-state index contributed by atoms with van der Waals surface area (Å²) < 4.78 is 43.1. The predicted molar refractivity (Wildman–Crippen MR) is 175 cm³/mol. The van der Waals surface area contributed by atoms with Crippen molar-refractivity contribution in [3.05, 3.63) is 156 Å². The Kier molecular flexibility index (Phi) is 6.34. The number of rotatable bonds is 4. The van der Waals surface area contributed by atoms with Crippen molar-refractivity contribution in [3.8, 4) is 27.9 Å². The minimum atomic E-state index is -4.51. The number of anilines is 1. The Morgan fingerprint density at radius 1 is 0.609 bits per heavy atom. The topological polar surface area (TPSA) is 45.5 Å². The Hall–Kier alpha value is -5.66. The van der Waals surface area contributed by atoms with Crippen LogP contribution in [0.1, 0.15) is 27.7 Å². The third-order valence-electron chi connectivity index (χ3n) is 8.72. The van der Waals surface area contributed by atoms with E-state index in [1.165, 1.54) is 11.0 Å². The Labute approximate surface area is 262 Å². The number of hydrogen-bond donors (Lipinski definition) is 1. The van der Waals surface area contributed by atoms with Crippen molar-refractivity contribution in [3.63, 3.8) is 0 Å². The summed E-state index contributed by atoms with van der Waals surface area (Å²) in [5.41, 5.74) is 5.51. The van der Waals surface area contributed by atoms with Gasteiger partial charge < -0.3 is 9.67 Å². The quantitative estimate of drug-likeness (QED) is 0.216. The molecule has 0 aliphatic carbocycles. The Balaban J connectivity index is 1.37. The number of aromatic nitrogens is 1. The highest BCUT2D eigenvalue weighted by Gasteiger charge is 2.41. The molecule has 0 bridgehead atoms. The van der Waals surface area contributed by atoms with E-state index in [0.717, 1.165) is 34.4 Å². The molecule has 1 unspecified atom stereocenters. The Bertz CT molecular complexity index is 2240. The molecule has 6 aromatic carbocycles. The molecule has 1 aliphatic rings. The average molecular weight is 611 g/mol. The van der Waals surface area contributed by atoms with Gasteiger partial charge in [0.2, 0.25) is 0 Å². The van der Waals surface area contributed by atoms with Gasteiger partial charge >= 0.3 is 6.18 Å². The number of fused-ring (bicyclic) bond motifs is 4. The second-order valence-corrected chi connectivity index (χ2v) is 11.3. The van der Waals surface area contributed by atoms with Crippen LogP contribution in [0.5, 0.6) is 0 Å². The summed E-state index contributed by atoms with van der Waals surface area (Å²) in [5, 5.41) is 13.0. The van der Waals surface area contributed by atoms with Gasteiger partial charge in [-0.25, -0.2) is 0 Å². The molecule has 1 N–H and O–H groups in total. The number of benzene rings is 6. The maximum Gasteiger partial charge on any atom is 0.416 e. The number of halogens is 3. The van der Waals surface area contributed by atoms with Crippen molar-refractivity contribution in [2.24, 2.45) is 0 Å². The molecule has 1 atom stereocenters. The lowest BCUT2D eigenvalue weighted by Crippen LogP contribution is -2.29. The van der Waals surface area contributed by atoms with Gasteiger partial charge in [-0.2, -0.15) is 13.2 Å². The van der Waals surface area contributed by atoms with Crippen molar-refractivity contribution >= 4 is 33.4 Å². The maximum absolute atomic E-state index is 14.8. The summed E-state index contributed by atoms with van der Waals surface area (Å²) in [5.74, 6) is -0.406. The Morgan fingerprint density at radius 2 is 1.20 bits per heavy atom. The summed E-state index contributed by atoms with van der Waals surface area (Å²) in [6, 6.07) is 41.4. The van der Waals surface area contributed by atoms with Crippen LogP contribution in [0.3, 0.4) is 0 Å². The lowest BCUT2D eigenvalue weighted by molar-refractivity contribution is -0.137. The van der Waals surface area contributed by atoms with Crippen LogP contribution in [0, 0.1) is 0 Å². The molecule has 7 aromatic rings. The zero-order valence-electron chi connectivity index (χ0n) is 24.2. The highest BCUT2D eigenvalue weighted by Crippen LogP contribution is 2.48. The standard InChI is InChI=1S/C39H25F3N2O2/c40-39(41,42)26-21-22-33-31(23-26)29-15-7-8-19-32(29)43(33)34-20-10-18-30-35(34)38(46)44(37(30)45)36-27(24-11-3-1-4-12-24)16-9-17-28(36)25-13-5-2-6-14-25/h1-23,37,45H. The van der Waals surface area contributed by atoms with Crippen LogP contribution in [0.2, 0.25) is 0 Å². The van der Waals surface area contributed by atoms with Crippen LogP contribution in [0.15, 0.2) is 140 Å². The summed E-state index contributed by atoms with van der Waals surface area (Å²) >= 11 is 0. The molecule has 7 heteroatoms. The molecule has 2 heterocycles. The SMILES string of the molecule is O=C1c2c(cccc2-n2c3ccccc3c3cc(C(F)(F)F)ccc32)C(O)N1c1c(-c2ccccc2)cccc1-c1ccccc1. The van der Waals surface area contributed by atoms with Gasteiger partial charge in [0, 0.05) is 27.5 Å². The van der Waals surface area contributed by atoms with E-state index in [1.807, 2.05) is 95.6 Å². The zero-order chi connectivity index (χ0) is 31.6. The Morgan fingerprint density at radius 3 is 1.85 bits per heavy atom. The largest absolute Gasteiger partial charge is 0.416 e. The lowest BCUT2D eigenvalue weighted by Gasteiger charge is -2.27.